The minimum absolute atomic E-state index is 0.156. The van der Waals surface area contributed by atoms with Crippen LogP contribution in [0.3, 0.4) is 0 Å². The maximum atomic E-state index is 12.7. The monoisotopic (exact) mass is 353 g/mol. The number of hydrogen-bond acceptors (Lipinski definition) is 5. The number of carbonyl (C=O) groups is 2. The quantitative estimate of drug-likeness (QED) is 0.779. The minimum Gasteiger partial charge on any atom is -0.497 e. The Hall–Kier alpha value is -3.09. The van der Waals surface area contributed by atoms with Gasteiger partial charge in [0.2, 0.25) is 11.6 Å². The number of hydrogen-bond donors (Lipinski definition) is 1. The Morgan fingerprint density at radius 2 is 1.96 bits per heavy atom. The molecule has 1 aliphatic heterocycles. The second-order valence-corrected chi connectivity index (χ2v) is 6.52. The number of benzene rings is 1. The molecule has 4 rings (SSSR count). The first-order valence-corrected chi connectivity index (χ1v) is 8.52. The van der Waals surface area contributed by atoms with Crippen molar-refractivity contribution in [3.63, 3.8) is 0 Å². The zero-order chi connectivity index (χ0) is 18.3. The molecule has 0 radical (unpaired) electrons. The van der Waals surface area contributed by atoms with E-state index in [4.69, 9.17) is 14.9 Å². The first kappa shape index (κ1) is 16.4. The lowest BCUT2D eigenvalue weighted by molar-refractivity contribution is -0.123. The van der Waals surface area contributed by atoms with Crippen LogP contribution in [-0.2, 0) is 4.79 Å². The van der Waals surface area contributed by atoms with E-state index in [1.807, 2.05) is 24.3 Å². The number of aromatic nitrogens is 1. The number of pyridine rings is 1. The Bertz CT molecular complexity index is 1000. The van der Waals surface area contributed by atoms with Gasteiger partial charge in [-0.3, -0.25) is 9.59 Å². The van der Waals surface area contributed by atoms with E-state index in [-0.39, 0.29) is 23.5 Å². The summed E-state index contributed by atoms with van der Waals surface area (Å²) in [7, 11) is 1.60. The highest BCUT2D eigenvalue weighted by molar-refractivity contribution is 5.98. The van der Waals surface area contributed by atoms with E-state index < -0.39 is 0 Å². The summed E-state index contributed by atoms with van der Waals surface area (Å²) in [5.74, 6) is 0.327. The van der Waals surface area contributed by atoms with E-state index in [2.05, 4.69) is 4.98 Å². The Morgan fingerprint density at radius 1 is 1.19 bits per heavy atom. The van der Waals surface area contributed by atoms with E-state index in [9.17, 15) is 9.59 Å². The first-order valence-electron chi connectivity index (χ1n) is 8.52. The molecule has 0 atom stereocenters. The van der Waals surface area contributed by atoms with Crippen molar-refractivity contribution in [1.82, 2.24) is 9.88 Å². The van der Waals surface area contributed by atoms with E-state index in [1.165, 1.54) is 0 Å². The molecule has 0 unspecified atom stereocenters. The summed E-state index contributed by atoms with van der Waals surface area (Å²) in [6.07, 6.45) is 1.17. The molecule has 1 fully saturated rings. The number of ether oxygens (including phenoxy) is 1. The summed E-state index contributed by atoms with van der Waals surface area (Å²) >= 11 is 0. The standard InChI is InChI=1S/C19H19N3O4/c1-25-14-3-2-12-8-13-9-16(26-18(13)21-15(12)10-14)19(24)22-6-4-11(5-7-22)17(20)23/h2-3,8-11H,4-7H2,1H3,(H2,20,23). The zero-order valence-electron chi connectivity index (χ0n) is 14.4. The highest BCUT2D eigenvalue weighted by atomic mass is 16.5. The van der Waals surface area contributed by atoms with Crippen molar-refractivity contribution in [2.45, 2.75) is 12.8 Å². The molecular weight excluding hydrogens is 334 g/mol. The number of carbonyl (C=O) groups excluding carboxylic acids is 2. The highest BCUT2D eigenvalue weighted by Gasteiger charge is 2.28. The van der Waals surface area contributed by atoms with Crippen LogP contribution in [0, 0.1) is 5.92 Å². The van der Waals surface area contributed by atoms with Crippen LogP contribution in [0.4, 0.5) is 0 Å². The number of fused-ring (bicyclic) bond motifs is 2. The molecule has 7 heteroatoms. The van der Waals surface area contributed by atoms with Gasteiger partial charge in [0.25, 0.3) is 5.91 Å². The van der Waals surface area contributed by atoms with Gasteiger partial charge in [-0.15, -0.1) is 0 Å². The second-order valence-electron chi connectivity index (χ2n) is 6.52. The maximum absolute atomic E-state index is 12.7. The van der Waals surface area contributed by atoms with Gasteiger partial charge >= 0.3 is 0 Å². The molecular formula is C19H19N3O4. The molecule has 2 aromatic heterocycles. The van der Waals surface area contributed by atoms with Gasteiger partial charge < -0.3 is 19.8 Å². The van der Waals surface area contributed by atoms with Crippen LogP contribution in [0.2, 0.25) is 0 Å². The average molecular weight is 353 g/mol. The minimum atomic E-state index is -0.299. The number of likely N-dealkylation sites (tertiary alicyclic amines) is 1. The Morgan fingerprint density at radius 3 is 2.65 bits per heavy atom. The third kappa shape index (κ3) is 2.85. The fourth-order valence-electron chi connectivity index (χ4n) is 3.36. The molecule has 2 N–H and O–H groups in total. The van der Waals surface area contributed by atoms with Crippen LogP contribution in [0.25, 0.3) is 22.0 Å². The summed E-state index contributed by atoms with van der Waals surface area (Å²) in [6, 6.07) is 9.27. The summed E-state index contributed by atoms with van der Waals surface area (Å²) in [5, 5.41) is 1.72. The lowest BCUT2D eigenvalue weighted by Crippen LogP contribution is -2.41. The molecule has 26 heavy (non-hydrogen) atoms. The maximum Gasteiger partial charge on any atom is 0.289 e. The number of amides is 2. The number of furan rings is 1. The molecule has 2 amide bonds. The van der Waals surface area contributed by atoms with E-state index in [1.54, 1.807) is 18.1 Å². The summed E-state index contributed by atoms with van der Waals surface area (Å²) < 4.78 is 10.9. The van der Waals surface area contributed by atoms with E-state index in [0.717, 1.165) is 16.3 Å². The van der Waals surface area contributed by atoms with Gasteiger partial charge in [-0.1, -0.05) is 0 Å². The number of nitrogens with zero attached hydrogens (tertiary/aromatic N) is 2. The number of piperidine rings is 1. The molecule has 1 aromatic carbocycles. The van der Waals surface area contributed by atoms with Crippen LogP contribution in [0.5, 0.6) is 5.75 Å². The van der Waals surface area contributed by atoms with Crippen molar-refractivity contribution in [2.24, 2.45) is 11.7 Å². The Kier molecular flexibility index (Phi) is 3.99. The third-order valence-electron chi connectivity index (χ3n) is 4.91. The fraction of sp³-hybridized carbons (Fsp3) is 0.316. The van der Waals surface area contributed by atoms with Gasteiger partial charge in [0, 0.05) is 35.8 Å². The van der Waals surface area contributed by atoms with Gasteiger partial charge in [0.1, 0.15) is 5.75 Å². The molecule has 0 spiro atoms. The fourth-order valence-corrected chi connectivity index (χ4v) is 3.36. The largest absolute Gasteiger partial charge is 0.497 e. The molecule has 1 saturated heterocycles. The van der Waals surface area contributed by atoms with Crippen molar-refractivity contribution >= 4 is 33.8 Å². The van der Waals surface area contributed by atoms with Crippen molar-refractivity contribution in [2.75, 3.05) is 20.2 Å². The van der Waals surface area contributed by atoms with Gasteiger partial charge in [-0.2, -0.15) is 0 Å². The lowest BCUT2D eigenvalue weighted by atomic mass is 9.96. The number of rotatable bonds is 3. The van der Waals surface area contributed by atoms with Gasteiger partial charge in [0.05, 0.1) is 12.6 Å². The van der Waals surface area contributed by atoms with Gasteiger partial charge in [0.15, 0.2) is 5.76 Å². The molecule has 3 heterocycles. The number of methoxy groups -OCH3 is 1. The predicted molar refractivity (Wildman–Crippen MR) is 95.9 cm³/mol. The lowest BCUT2D eigenvalue weighted by Gasteiger charge is -2.29. The van der Waals surface area contributed by atoms with Crippen LogP contribution in [-0.4, -0.2) is 41.9 Å². The molecule has 134 valence electrons. The van der Waals surface area contributed by atoms with Crippen molar-refractivity contribution in [3.8, 4) is 5.75 Å². The SMILES string of the molecule is COc1ccc2cc3cc(C(=O)N4CCC(C(N)=O)CC4)oc3nc2c1. The van der Waals surface area contributed by atoms with Gasteiger partial charge in [-0.25, -0.2) is 4.98 Å². The molecule has 0 aliphatic carbocycles. The molecule has 7 nitrogen and oxygen atoms in total. The van der Waals surface area contributed by atoms with Crippen LogP contribution >= 0.6 is 0 Å². The first-order chi connectivity index (χ1) is 12.5. The molecule has 1 aliphatic rings. The van der Waals surface area contributed by atoms with Crippen LogP contribution < -0.4 is 10.5 Å². The topological polar surface area (TPSA) is 98.7 Å². The van der Waals surface area contributed by atoms with Crippen molar-refractivity contribution in [1.29, 1.82) is 0 Å². The predicted octanol–water partition coefficient (Wildman–Crippen LogP) is 2.33. The van der Waals surface area contributed by atoms with E-state index >= 15 is 0 Å². The van der Waals surface area contributed by atoms with Crippen molar-refractivity contribution < 1.29 is 18.7 Å². The average Bonchev–Trinajstić information content (AvgIpc) is 3.07. The zero-order valence-corrected chi connectivity index (χ0v) is 14.4. The third-order valence-corrected chi connectivity index (χ3v) is 4.91. The Balaban J connectivity index is 1.61. The smallest absolute Gasteiger partial charge is 0.289 e. The number of primary amides is 1. The summed E-state index contributed by atoms with van der Waals surface area (Å²) in [6.45, 7) is 0.992. The van der Waals surface area contributed by atoms with E-state index in [0.29, 0.717) is 37.4 Å². The van der Waals surface area contributed by atoms with Crippen LogP contribution in [0.15, 0.2) is 34.7 Å². The Labute approximate surface area is 149 Å². The number of nitrogens with two attached hydrogens (primary N) is 1. The van der Waals surface area contributed by atoms with Gasteiger partial charge in [-0.05, 0) is 37.1 Å². The summed E-state index contributed by atoms with van der Waals surface area (Å²) in [5.41, 5.74) is 6.50. The normalized spacial score (nSPS) is 15.5. The molecule has 0 bridgehead atoms. The highest BCUT2D eigenvalue weighted by Crippen LogP contribution is 2.27. The van der Waals surface area contributed by atoms with Crippen molar-refractivity contribution in [3.05, 3.63) is 36.1 Å². The van der Waals surface area contributed by atoms with Crippen LogP contribution in [0.1, 0.15) is 23.4 Å². The molecule has 3 aromatic rings. The second kappa shape index (κ2) is 6.33. The summed E-state index contributed by atoms with van der Waals surface area (Å²) in [4.78, 5) is 30.2. The molecule has 0 saturated carbocycles.